The average Bonchev–Trinajstić information content (AvgIpc) is 2.87. The van der Waals surface area contributed by atoms with Gasteiger partial charge in [-0.15, -0.1) is 21.8 Å². The molecule has 0 bridgehead atoms. The lowest BCUT2D eigenvalue weighted by molar-refractivity contribution is -0.297. The summed E-state index contributed by atoms with van der Waals surface area (Å²) >= 11 is 5.89. The lowest BCUT2D eigenvalue weighted by Gasteiger charge is -2.15. The van der Waals surface area contributed by atoms with Gasteiger partial charge in [-0.25, -0.2) is 0 Å². The van der Waals surface area contributed by atoms with E-state index in [2.05, 4.69) is 14.6 Å². The zero-order chi connectivity index (χ0) is 15.0. The summed E-state index contributed by atoms with van der Waals surface area (Å²) in [4.78, 5) is 0. The minimum atomic E-state index is -5.81. The van der Waals surface area contributed by atoms with Gasteiger partial charge in [-0.2, -0.15) is 22.0 Å². The molecule has 0 aliphatic carbocycles. The fourth-order valence-corrected chi connectivity index (χ4v) is 1.58. The molecule has 0 saturated carbocycles. The number of alkyl halides is 6. The summed E-state index contributed by atoms with van der Waals surface area (Å²) in [7, 11) is 0. The normalized spacial score (nSPS) is 14.3. The third-order valence-corrected chi connectivity index (χ3v) is 2.81. The molecule has 1 unspecified atom stereocenters. The summed E-state index contributed by atoms with van der Waals surface area (Å²) in [5, 5.41) is 4.76. The van der Waals surface area contributed by atoms with Gasteiger partial charge in [0.1, 0.15) is 5.38 Å². The van der Waals surface area contributed by atoms with Gasteiger partial charge in [-0.3, -0.25) is 0 Å². The summed E-state index contributed by atoms with van der Waals surface area (Å²) in [5.41, 5.74) is 0.430. The first kappa shape index (κ1) is 14.7. The van der Waals surface area contributed by atoms with E-state index in [-0.39, 0.29) is 0 Å². The van der Waals surface area contributed by atoms with E-state index in [9.17, 15) is 22.0 Å². The Kier molecular flexibility index (Phi) is 3.68. The first-order valence-corrected chi connectivity index (χ1v) is 5.64. The lowest BCUT2D eigenvalue weighted by Crippen LogP contribution is -2.34. The van der Waals surface area contributed by atoms with Gasteiger partial charge >= 0.3 is 12.1 Å². The van der Waals surface area contributed by atoms with Crippen molar-refractivity contribution >= 4 is 11.6 Å². The second-order valence-electron chi connectivity index (χ2n) is 3.79. The average molecular weight is 313 g/mol. The molecule has 0 spiro atoms. The number of nitrogens with zero attached hydrogens (tertiary/aromatic N) is 2. The van der Waals surface area contributed by atoms with E-state index in [1.165, 1.54) is 0 Å². The molecule has 0 aliphatic rings. The number of rotatable bonds is 3. The number of aromatic nitrogens is 2. The van der Waals surface area contributed by atoms with Crippen LogP contribution in [0.5, 0.6) is 0 Å². The third kappa shape index (κ3) is 2.60. The molecular formula is C11H6ClF5N2O. The Labute approximate surface area is 114 Å². The Balaban J connectivity index is 2.30. The molecule has 0 radical (unpaired) electrons. The zero-order valence-electron chi connectivity index (χ0n) is 9.53. The Bertz CT molecular complexity index is 584. The van der Waals surface area contributed by atoms with Crippen LogP contribution in [-0.4, -0.2) is 16.4 Å². The fourth-order valence-electron chi connectivity index (χ4n) is 1.35. The molecule has 3 nitrogen and oxygen atoms in total. The predicted octanol–water partition coefficient (Wildman–Crippen LogP) is 4.05. The van der Waals surface area contributed by atoms with Gasteiger partial charge in [0, 0.05) is 0 Å². The van der Waals surface area contributed by atoms with E-state index in [0.29, 0.717) is 5.56 Å². The van der Waals surface area contributed by atoms with Crippen molar-refractivity contribution in [3.05, 3.63) is 47.7 Å². The molecule has 1 aromatic carbocycles. The standard InChI is InChI=1S/C11H6ClF5N2O/c12-7(6-4-2-1-3-5-6)8-18-19-9(20-8)10(13,14)11(15,16)17/h1-5,7H. The van der Waals surface area contributed by atoms with Crippen LogP contribution >= 0.6 is 11.6 Å². The maximum atomic E-state index is 13.0. The fraction of sp³-hybridized carbons (Fsp3) is 0.273. The number of halogens is 6. The highest BCUT2D eigenvalue weighted by Gasteiger charge is 2.63. The van der Waals surface area contributed by atoms with Crippen LogP contribution in [0.2, 0.25) is 0 Å². The van der Waals surface area contributed by atoms with Crippen LogP contribution in [-0.2, 0) is 5.92 Å². The van der Waals surface area contributed by atoms with Gasteiger partial charge in [0.05, 0.1) is 0 Å². The van der Waals surface area contributed by atoms with E-state index >= 15 is 0 Å². The van der Waals surface area contributed by atoms with Crippen molar-refractivity contribution < 1.29 is 26.4 Å². The van der Waals surface area contributed by atoms with Crippen molar-refractivity contribution in [1.29, 1.82) is 0 Å². The van der Waals surface area contributed by atoms with Crippen molar-refractivity contribution in [3.8, 4) is 0 Å². The van der Waals surface area contributed by atoms with Gasteiger partial charge in [0.25, 0.3) is 5.89 Å². The molecular weight excluding hydrogens is 307 g/mol. The van der Waals surface area contributed by atoms with E-state index in [1.54, 1.807) is 30.3 Å². The van der Waals surface area contributed by atoms with Crippen molar-refractivity contribution in [1.82, 2.24) is 10.2 Å². The highest BCUT2D eigenvalue weighted by molar-refractivity contribution is 6.22. The minimum Gasteiger partial charge on any atom is -0.417 e. The highest BCUT2D eigenvalue weighted by atomic mass is 35.5. The number of hydrogen-bond acceptors (Lipinski definition) is 3. The topological polar surface area (TPSA) is 38.9 Å². The van der Waals surface area contributed by atoms with Crippen molar-refractivity contribution in [3.63, 3.8) is 0 Å². The van der Waals surface area contributed by atoms with Crippen molar-refractivity contribution in [2.75, 3.05) is 0 Å². The van der Waals surface area contributed by atoms with E-state index in [4.69, 9.17) is 11.6 Å². The smallest absolute Gasteiger partial charge is 0.417 e. The lowest BCUT2D eigenvalue weighted by atomic mass is 10.1. The molecule has 0 N–H and O–H groups in total. The molecule has 0 amide bonds. The van der Waals surface area contributed by atoms with Crippen LogP contribution in [0.1, 0.15) is 22.7 Å². The molecule has 2 rings (SSSR count). The van der Waals surface area contributed by atoms with Gasteiger partial charge in [-0.1, -0.05) is 30.3 Å². The second-order valence-corrected chi connectivity index (χ2v) is 4.23. The Morgan fingerprint density at radius 2 is 1.60 bits per heavy atom. The molecule has 20 heavy (non-hydrogen) atoms. The van der Waals surface area contributed by atoms with Crippen molar-refractivity contribution in [2.24, 2.45) is 0 Å². The monoisotopic (exact) mass is 312 g/mol. The van der Waals surface area contributed by atoms with Crippen LogP contribution in [0.15, 0.2) is 34.7 Å². The molecule has 1 aromatic heterocycles. The van der Waals surface area contributed by atoms with Gasteiger partial charge in [-0.05, 0) is 5.56 Å². The van der Waals surface area contributed by atoms with Crippen LogP contribution in [0.3, 0.4) is 0 Å². The SMILES string of the molecule is FC(F)(F)C(F)(F)c1nnc(C(Cl)c2ccccc2)o1. The molecule has 0 saturated heterocycles. The largest absolute Gasteiger partial charge is 0.463 e. The van der Waals surface area contributed by atoms with Crippen LogP contribution in [0.4, 0.5) is 22.0 Å². The Morgan fingerprint density at radius 1 is 1.00 bits per heavy atom. The molecule has 0 fully saturated rings. The van der Waals surface area contributed by atoms with E-state index < -0.39 is 29.3 Å². The molecule has 9 heteroatoms. The third-order valence-electron chi connectivity index (χ3n) is 2.37. The highest BCUT2D eigenvalue weighted by Crippen LogP contribution is 2.43. The molecule has 0 aliphatic heterocycles. The van der Waals surface area contributed by atoms with Crippen LogP contribution in [0, 0.1) is 0 Å². The quantitative estimate of drug-likeness (QED) is 0.634. The van der Waals surface area contributed by atoms with Gasteiger partial charge in [0.2, 0.25) is 5.89 Å². The number of benzene rings is 1. The van der Waals surface area contributed by atoms with E-state index in [1.807, 2.05) is 0 Å². The molecule has 108 valence electrons. The summed E-state index contributed by atoms with van der Waals surface area (Å²) < 4.78 is 66.7. The maximum absolute atomic E-state index is 13.0. The van der Waals surface area contributed by atoms with Crippen LogP contribution in [0.25, 0.3) is 0 Å². The first-order valence-electron chi connectivity index (χ1n) is 5.21. The Morgan fingerprint density at radius 3 is 2.15 bits per heavy atom. The summed E-state index contributed by atoms with van der Waals surface area (Å²) in [5.74, 6) is -7.58. The van der Waals surface area contributed by atoms with Crippen LogP contribution < -0.4 is 0 Å². The van der Waals surface area contributed by atoms with E-state index in [0.717, 1.165) is 0 Å². The summed E-state index contributed by atoms with van der Waals surface area (Å²) in [6, 6.07) is 8.01. The maximum Gasteiger partial charge on any atom is 0.463 e. The summed E-state index contributed by atoms with van der Waals surface area (Å²) in [6.07, 6.45) is -5.81. The van der Waals surface area contributed by atoms with Crippen molar-refractivity contribution in [2.45, 2.75) is 17.5 Å². The predicted molar refractivity (Wildman–Crippen MR) is 58.4 cm³/mol. The Hall–Kier alpha value is -1.70. The first-order chi connectivity index (χ1) is 9.23. The summed E-state index contributed by atoms with van der Waals surface area (Å²) in [6.45, 7) is 0. The zero-order valence-corrected chi connectivity index (χ0v) is 10.3. The minimum absolute atomic E-state index is 0.430. The molecule has 1 heterocycles. The van der Waals surface area contributed by atoms with Gasteiger partial charge in [0.15, 0.2) is 0 Å². The van der Waals surface area contributed by atoms with Gasteiger partial charge < -0.3 is 4.42 Å². The number of hydrogen-bond donors (Lipinski definition) is 0. The molecule has 1 atom stereocenters. The molecule has 2 aromatic rings. The second kappa shape index (κ2) is 5.01.